The zero-order chi connectivity index (χ0) is 21.7. The molecule has 3 aromatic rings. The van der Waals surface area contributed by atoms with E-state index in [2.05, 4.69) is 10.6 Å². The summed E-state index contributed by atoms with van der Waals surface area (Å²) in [5.41, 5.74) is 1.22. The number of rotatable bonds is 7. The van der Waals surface area contributed by atoms with E-state index in [0.717, 1.165) is 16.9 Å². The van der Waals surface area contributed by atoms with Crippen LogP contribution in [0.3, 0.4) is 0 Å². The highest BCUT2D eigenvalue weighted by atomic mass is 32.1. The SMILES string of the molecule is COc1ccc(-c2cc(NC(=O)N[C@H](C(=O)O)c3ccccc3)c(C(=O)O)s2)cc1. The third kappa shape index (κ3) is 4.76. The van der Waals surface area contributed by atoms with Crippen LogP contribution < -0.4 is 15.4 Å². The maximum atomic E-state index is 12.4. The topological polar surface area (TPSA) is 125 Å². The van der Waals surface area contributed by atoms with E-state index in [1.165, 1.54) is 6.07 Å². The lowest BCUT2D eigenvalue weighted by Gasteiger charge is -2.15. The zero-order valence-electron chi connectivity index (χ0n) is 15.8. The van der Waals surface area contributed by atoms with Gasteiger partial charge in [-0.3, -0.25) is 0 Å². The molecule has 4 N–H and O–H groups in total. The van der Waals surface area contributed by atoms with Gasteiger partial charge in [-0.15, -0.1) is 11.3 Å². The summed E-state index contributed by atoms with van der Waals surface area (Å²) in [5.74, 6) is -1.78. The number of nitrogens with one attached hydrogen (secondary N) is 2. The predicted octanol–water partition coefficient (Wildman–Crippen LogP) is 4.07. The van der Waals surface area contributed by atoms with Crippen molar-refractivity contribution in [2.24, 2.45) is 0 Å². The van der Waals surface area contributed by atoms with Gasteiger partial charge in [0.25, 0.3) is 0 Å². The second kappa shape index (κ2) is 9.10. The van der Waals surface area contributed by atoms with Crippen molar-refractivity contribution in [3.8, 4) is 16.2 Å². The van der Waals surface area contributed by atoms with E-state index in [0.29, 0.717) is 16.2 Å². The Morgan fingerprint density at radius 2 is 1.67 bits per heavy atom. The van der Waals surface area contributed by atoms with Crippen molar-refractivity contribution in [3.05, 3.63) is 71.1 Å². The smallest absolute Gasteiger partial charge is 0.348 e. The number of methoxy groups -OCH3 is 1. The van der Waals surface area contributed by atoms with E-state index >= 15 is 0 Å². The number of benzene rings is 2. The van der Waals surface area contributed by atoms with Gasteiger partial charge in [0.05, 0.1) is 12.8 Å². The molecule has 0 radical (unpaired) electrons. The molecule has 0 saturated carbocycles. The molecule has 30 heavy (non-hydrogen) atoms. The van der Waals surface area contributed by atoms with E-state index in [9.17, 15) is 24.6 Å². The molecule has 2 aromatic carbocycles. The van der Waals surface area contributed by atoms with Gasteiger partial charge in [0.2, 0.25) is 0 Å². The van der Waals surface area contributed by atoms with Crippen LogP contribution in [-0.4, -0.2) is 35.3 Å². The molecule has 1 aromatic heterocycles. The highest BCUT2D eigenvalue weighted by Crippen LogP contribution is 2.35. The van der Waals surface area contributed by atoms with Crippen molar-refractivity contribution >= 4 is 35.0 Å². The second-order valence-corrected chi connectivity index (χ2v) is 7.22. The standard InChI is InChI=1S/C21H18N2O6S/c1-29-14-9-7-12(8-10-14)16-11-15(18(30-16)20(26)27)22-21(28)23-17(19(24)25)13-5-3-2-4-6-13/h2-11,17H,1H3,(H,24,25)(H,26,27)(H2,22,23,28)/t17-/m0/s1. The van der Waals surface area contributed by atoms with Crippen LogP contribution >= 0.6 is 11.3 Å². The van der Waals surface area contributed by atoms with Crippen LogP contribution in [0.5, 0.6) is 5.75 Å². The third-order valence-corrected chi connectivity index (χ3v) is 5.38. The van der Waals surface area contributed by atoms with Crippen molar-refractivity contribution in [3.63, 3.8) is 0 Å². The van der Waals surface area contributed by atoms with Gasteiger partial charge in [-0.05, 0) is 41.5 Å². The van der Waals surface area contributed by atoms with Crippen molar-refractivity contribution in [2.75, 3.05) is 12.4 Å². The molecule has 154 valence electrons. The average Bonchev–Trinajstić information content (AvgIpc) is 3.16. The molecule has 0 aliphatic rings. The van der Waals surface area contributed by atoms with E-state index in [1.54, 1.807) is 61.7 Å². The van der Waals surface area contributed by atoms with Crippen LogP contribution in [-0.2, 0) is 4.79 Å². The molecule has 9 heteroatoms. The zero-order valence-corrected chi connectivity index (χ0v) is 16.6. The summed E-state index contributed by atoms with van der Waals surface area (Å²) in [6.45, 7) is 0. The molecule has 3 rings (SSSR count). The van der Waals surface area contributed by atoms with Crippen molar-refractivity contribution in [1.82, 2.24) is 5.32 Å². The summed E-state index contributed by atoms with van der Waals surface area (Å²) in [7, 11) is 1.54. The fourth-order valence-corrected chi connectivity index (χ4v) is 3.72. The fourth-order valence-electron chi connectivity index (χ4n) is 2.76. The Labute approximate surface area is 175 Å². The molecule has 0 bridgehead atoms. The number of hydrogen-bond donors (Lipinski definition) is 4. The first-order valence-electron chi connectivity index (χ1n) is 8.76. The highest BCUT2D eigenvalue weighted by molar-refractivity contribution is 7.18. The molecular formula is C21H18N2O6S. The Kier molecular flexibility index (Phi) is 6.33. The minimum Gasteiger partial charge on any atom is -0.497 e. The summed E-state index contributed by atoms with van der Waals surface area (Å²) < 4.78 is 5.11. The molecule has 1 atom stereocenters. The van der Waals surface area contributed by atoms with E-state index < -0.39 is 24.0 Å². The minimum atomic E-state index is -1.28. The number of carbonyl (C=O) groups is 3. The van der Waals surface area contributed by atoms with Gasteiger partial charge in [0, 0.05) is 4.88 Å². The van der Waals surface area contributed by atoms with Crippen LogP contribution in [0.2, 0.25) is 0 Å². The Morgan fingerprint density at radius 3 is 2.23 bits per heavy atom. The molecular weight excluding hydrogens is 408 g/mol. The van der Waals surface area contributed by atoms with Crippen LogP contribution in [0.1, 0.15) is 21.3 Å². The number of hydrogen-bond acceptors (Lipinski definition) is 5. The first-order valence-corrected chi connectivity index (χ1v) is 9.57. The lowest BCUT2D eigenvalue weighted by Crippen LogP contribution is -2.36. The summed E-state index contributed by atoms with van der Waals surface area (Å²) in [5, 5.41) is 23.7. The monoisotopic (exact) mass is 426 g/mol. The van der Waals surface area contributed by atoms with Crippen molar-refractivity contribution in [1.29, 1.82) is 0 Å². The van der Waals surface area contributed by atoms with E-state index in [4.69, 9.17) is 4.74 Å². The van der Waals surface area contributed by atoms with Gasteiger partial charge in [0.15, 0.2) is 6.04 Å². The number of ether oxygens (including phenoxy) is 1. The molecule has 8 nitrogen and oxygen atoms in total. The second-order valence-electron chi connectivity index (χ2n) is 6.17. The van der Waals surface area contributed by atoms with Gasteiger partial charge >= 0.3 is 18.0 Å². The maximum Gasteiger partial charge on any atom is 0.348 e. The minimum absolute atomic E-state index is 0.0671. The summed E-state index contributed by atoms with van der Waals surface area (Å²) in [6, 6.07) is 14.7. The number of anilines is 1. The molecule has 0 spiro atoms. The number of carboxylic acid groups (broad SMARTS) is 2. The highest BCUT2D eigenvalue weighted by Gasteiger charge is 2.24. The van der Waals surface area contributed by atoms with Crippen LogP contribution in [0.15, 0.2) is 60.7 Å². The van der Waals surface area contributed by atoms with Crippen LogP contribution in [0.25, 0.3) is 10.4 Å². The molecule has 0 aliphatic carbocycles. The van der Waals surface area contributed by atoms with Gasteiger partial charge in [-0.1, -0.05) is 30.3 Å². The number of urea groups is 1. The largest absolute Gasteiger partial charge is 0.497 e. The fraction of sp³-hybridized carbons (Fsp3) is 0.0952. The van der Waals surface area contributed by atoms with Crippen molar-refractivity contribution in [2.45, 2.75) is 6.04 Å². The molecule has 1 heterocycles. The van der Waals surface area contributed by atoms with Crippen molar-refractivity contribution < 1.29 is 29.3 Å². The van der Waals surface area contributed by atoms with Crippen LogP contribution in [0.4, 0.5) is 10.5 Å². The van der Waals surface area contributed by atoms with Gasteiger partial charge in [-0.25, -0.2) is 14.4 Å². The van der Waals surface area contributed by atoms with Crippen LogP contribution in [0, 0.1) is 0 Å². The Morgan fingerprint density at radius 1 is 1.00 bits per heavy atom. The normalized spacial score (nSPS) is 11.4. The molecule has 0 unspecified atom stereocenters. The molecule has 0 fully saturated rings. The number of thiophene rings is 1. The van der Waals surface area contributed by atoms with Gasteiger partial charge in [0.1, 0.15) is 10.6 Å². The summed E-state index contributed by atoms with van der Waals surface area (Å²) >= 11 is 0.999. The van der Waals surface area contributed by atoms with E-state index in [-0.39, 0.29) is 10.6 Å². The quantitative estimate of drug-likeness (QED) is 0.451. The Bertz CT molecular complexity index is 1060. The first-order chi connectivity index (χ1) is 14.4. The third-order valence-electron chi connectivity index (χ3n) is 4.20. The summed E-state index contributed by atoms with van der Waals surface area (Å²) in [6.07, 6.45) is 0. The maximum absolute atomic E-state index is 12.4. The van der Waals surface area contributed by atoms with Gasteiger partial charge in [-0.2, -0.15) is 0 Å². The first kappa shape index (κ1) is 20.9. The number of carbonyl (C=O) groups excluding carboxylic acids is 1. The number of aliphatic carboxylic acids is 1. The predicted molar refractivity (Wildman–Crippen MR) is 112 cm³/mol. The number of amides is 2. The Balaban J connectivity index is 1.82. The molecule has 0 aliphatic heterocycles. The number of carboxylic acids is 2. The number of aromatic carboxylic acids is 1. The molecule has 0 saturated heterocycles. The molecule has 2 amide bonds. The average molecular weight is 426 g/mol. The lowest BCUT2D eigenvalue weighted by molar-refractivity contribution is -0.139. The lowest BCUT2D eigenvalue weighted by atomic mass is 10.1. The Hall–Kier alpha value is -3.85. The van der Waals surface area contributed by atoms with Gasteiger partial charge < -0.3 is 25.6 Å². The van der Waals surface area contributed by atoms with E-state index in [1.807, 2.05) is 0 Å². The summed E-state index contributed by atoms with van der Waals surface area (Å²) in [4.78, 5) is 36.2.